The van der Waals surface area contributed by atoms with Crippen molar-refractivity contribution in [3.05, 3.63) is 45.6 Å². The molecule has 0 saturated carbocycles. The van der Waals surface area contributed by atoms with Crippen molar-refractivity contribution >= 4 is 11.8 Å². The molecule has 2 aromatic carbocycles. The van der Waals surface area contributed by atoms with Gasteiger partial charge < -0.3 is 19.5 Å². The van der Waals surface area contributed by atoms with Crippen LogP contribution in [-0.2, 0) is 6.42 Å². The Morgan fingerprint density at radius 2 is 1.81 bits per heavy atom. The highest BCUT2D eigenvalue weighted by Crippen LogP contribution is 2.50. The third-order valence-electron chi connectivity index (χ3n) is 5.07. The number of nitrogens with one attached hydrogen (secondary N) is 1. The first kappa shape index (κ1) is 19.6. The summed E-state index contributed by atoms with van der Waals surface area (Å²) in [5.74, 6) is 1.84. The normalized spacial score (nSPS) is 15.4. The Hall–Kier alpha value is -2.18. The highest BCUT2D eigenvalue weighted by molar-refractivity contribution is 7.98. The molecule has 0 amide bonds. The lowest BCUT2D eigenvalue weighted by molar-refractivity contribution is 0.324. The number of benzene rings is 1. The van der Waals surface area contributed by atoms with Gasteiger partial charge >= 0.3 is 0 Å². The molecule has 1 atom stereocenters. The lowest BCUT2D eigenvalue weighted by Gasteiger charge is -2.19. The van der Waals surface area contributed by atoms with Crippen LogP contribution in [0.4, 0.5) is 0 Å². The standard InChI is InChI=1S/C21H25NO4S/c1-22-15-8-6-12-10-17(24-2)20(25-3)21(26-4)19(12)13-7-9-18(27-5)16(23)11-14(13)15/h7,9-11,15,22H,6,8H2,1-5H3/t15-/m1/s1. The van der Waals surface area contributed by atoms with E-state index in [9.17, 15) is 4.79 Å². The molecule has 1 N–H and O–H groups in total. The average molecular weight is 388 g/mol. The summed E-state index contributed by atoms with van der Waals surface area (Å²) in [6, 6.07) is 7.76. The second-order valence-electron chi connectivity index (χ2n) is 6.34. The molecule has 2 aromatic rings. The molecule has 0 spiro atoms. The van der Waals surface area contributed by atoms with Gasteiger partial charge in [-0.25, -0.2) is 0 Å². The van der Waals surface area contributed by atoms with Gasteiger partial charge in [0.05, 0.1) is 26.2 Å². The molecule has 144 valence electrons. The molecule has 0 unspecified atom stereocenters. The predicted octanol–water partition coefficient (Wildman–Crippen LogP) is 3.67. The van der Waals surface area contributed by atoms with E-state index in [4.69, 9.17) is 14.2 Å². The summed E-state index contributed by atoms with van der Waals surface area (Å²) < 4.78 is 16.9. The van der Waals surface area contributed by atoms with E-state index >= 15 is 0 Å². The number of rotatable bonds is 5. The minimum atomic E-state index is 0.0342. The molecule has 0 aliphatic heterocycles. The lowest BCUT2D eigenvalue weighted by Crippen LogP contribution is -2.17. The van der Waals surface area contributed by atoms with Gasteiger partial charge in [0.1, 0.15) is 0 Å². The van der Waals surface area contributed by atoms with E-state index in [0.29, 0.717) is 17.2 Å². The summed E-state index contributed by atoms with van der Waals surface area (Å²) in [5, 5.41) is 3.36. The largest absolute Gasteiger partial charge is 0.493 e. The number of methoxy groups -OCH3 is 3. The molecule has 6 heteroatoms. The minimum Gasteiger partial charge on any atom is -0.493 e. The molecular weight excluding hydrogens is 362 g/mol. The van der Waals surface area contributed by atoms with Crippen LogP contribution in [0.2, 0.25) is 0 Å². The Kier molecular flexibility index (Phi) is 5.97. The first-order chi connectivity index (χ1) is 13.1. The van der Waals surface area contributed by atoms with Crippen molar-refractivity contribution in [2.75, 3.05) is 34.6 Å². The van der Waals surface area contributed by atoms with Gasteiger partial charge in [0.25, 0.3) is 0 Å². The van der Waals surface area contributed by atoms with Crippen LogP contribution in [0, 0.1) is 0 Å². The van der Waals surface area contributed by atoms with Gasteiger partial charge in [-0.3, -0.25) is 4.79 Å². The third kappa shape index (κ3) is 3.39. The van der Waals surface area contributed by atoms with Crippen molar-refractivity contribution in [3.8, 4) is 28.4 Å². The van der Waals surface area contributed by atoms with E-state index in [1.54, 1.807) is 27.4 Å². The summed E-state index contributed by atoms with van der Waals surface area (Å²) >= 11 is 1.46. The van der Waals surface area contributed by atoms with Gasteiger partial charge in [0.15, 0.2) is 16.9 Å². The molecule has 0 bridgehead atoms. The maximum absolute atomic E-state index is 12.7. The number of hydrogen-bond acceptors (Lipinski definition) is 6. The summed E-state index contributed by atoms with van der Waals surface area (Å²) in [7, 11) is 6.79. The summed E-state index contributed by atoms with van der Waals surface area (Å²) in [6.07, 6.45) is 3.62. The van der Waals surface area contributed by atoms with Crippen molar-refractivity contribution in [2.45, 2.75) is 23.8 Å². The Morgan fingerprint density at radius 3 is 2.41 bits per heavy atom. The first-order valence-corrected chi connectivity index (χ1v) is 10.0. The quantitative estimate of drug-likeness (QED) is 0.790. The molecule has 0 radical (unpaired) electrons. The Labute approximate surface area is 164 Å². The Morgan fingerprint density at radius 1 is 1.07 bits per heavy atom. The SMILES string of the molecule is CN[C@@H]1CCc2cc(OC)c(OC)c(OC)c2-c2ccc(SC)c(=O)cc21. The number of ether oxygens (including phenoxy) is 3. The van der Waals surface area contributed by atoms with E-state index < -0.39 is 0 Å². The van der Waals surface area contributed by atoms with Gasteiger partial charge in [-0.2, -0.15) is 0 Å². The topological polar surface area (TPSA) is 56.8 Å². The van der Waals surface area contributed by atoms with Crippen LogP contribution in [0.5, 0.6) is 17.2 Å². The first-order valence-electron chi connectivity index (χ1n) is 8.81. The molecule has 27 heavy (non-hydrogen) atoms. The van der Waals surface area contributed by atoms with Gasteiger partial charge in [-0.05, 0) is 61.0 Å². The Bertz CT molecular complexity index is 914. The fraction of sp³-hybridized carbons (Fsp3) is 0.381. The fourth-order valence-electron chi connectivity index (χ4n) is 3.77. The highest BCUT2D eigenvalue weighted by atomic mass is 32.2. The molecular formula is C21H25NO4S. The third-order valence-corrected chi connectivity index (χ3v) is 5.85. The van der Waals surface area contributed by atoms with E-state index in [2.05, 4.69) is 5.32 Å². The average Bonchev–Trinajstić information content (AvgIpc) is 2.94. The molecule has 1 aliphatic carbocycles. The zero-order valence-electron chi connectivity index (χ0n) is 16.3. The Balaban J connectivity index is 2.43. The molecule has 0 saturated heterocycles. The fourth-order valence-corrected chi connectivity index (χ4v) is 4.23. The van der Waals surface area contributed by atoms with Crippen LogP contribution in [0.25, 0.3) is 11.1 Å². The van der Waals surface area contributed by atoms with Crippen molar-refractivity contribution in [1.29, 1.82) is 0 Å². The van der Waals surface area contributed by atoms with Crippen molar-refractivity contribution in [3.63, 3.8) is 0 Å². The summed E-state index contributed by atoms with van der Waals surface area (Å²) in [4.78, 5) is 13.4. The van der Waals surface area contributed by atoms with Crippen LogP contribution in [0.15, 0.2) is 34.0 Å². The number of fused-ring (bicyclic) bond motifs is 3. The van der Waals surface area contributed by atoms with Gasteiger partial charge in [0.2, 0.25) is 5.75 Å². The van der Waals surface area contributed by atoms with Crippen molar-refractivity contribution < 1.29 is 14.2 Å². The molecule has 0 heterocycles. The predicted molar refractivity (Wildman–Crippen MR) is 110 cm³/mol. The van der Waals surface area contributed by atoms with E-state index in [-0.39, 0.29) is 11.5 Å². The van der Waals surface area contributed by atoms with Gasteiger partial charge in [-0.15, -0.1) is 11.8 Å². The van der Waals surface area contributed by atoms with E-state index in [0.717, 1.165) is 40.0 Å². The van der Waals surface area contributed by atoms with Crippen molar-refractivity contribution in [1.82, 2.24) is 5.32 Å². The summed E-state index contributed by atoms with van der Waals surface area (Å²) in [5.41, 5.74) is 4.08. The monoisotopic (exact) mass is 387 g/mol. The molecule has 0 fully saturated rings. The molecule has 0 aromatic heterocycles. The van der Waals surface area contributed by atoms with Crippen LogP contribution >= 0.6 is 11.8 Å². The maximum Gasteiger partial charge on any atom is 0.203 e. The number of aryl methyl sites for hydroxylation is 1. The molecule has 1 aliphatic rings. The lowest BCUT2D eigenvalue weighted by atomic mass is 9.95. The zero-order valence-corrected chi connectivity index (χ0v) is 17.2. The number of thioether (sulfide) groups is 1. The number of hydrogen-bond donors (Lipinski definition) is 1. The molecule has 3 rings (SSSR count). The van der Waals surface area contributed by atoms with Gasteiger partial charge in [-0.1, -0.05) is 6.07 Å². The zero-order chi connectivity index (χ0) is 19.6. The van der Waals surface area contributed by atoms with Crippen LogP contribution in [0.3, 0.4) is 0 Å². The van der Waals surface area contributed by atoms with Crippen LogP contribution in [0.1, 0.15) is 23.6 Å². The second-order valence-corrected chi connectivity index (χ2v) is 7.19. The summed E-state index contributed by atoms with van der Waals surface area (Å²) in [6.45, 7) is 0. The minimum absolute atomic E-state index is 0.0342. The van der Waals surface area contributed by atoms with E-state index in [1.165, 1.54) is 11.8 Å². The van der Waals surface area contributed by atoms with Crippen molar-refractivity contribution in [2.24, 2.45) is 0 Å². The highest BCUT2D eigenvalue weighted by Gasteiger charge is 2.28. The second kappa shape index (κ2) is 8.23. The molecule has 5 nitrogen and oxygen atoms in total. The smallest absolute Gasteiger partial charge is 0.203 e. The maximum atomic E-state index is 12.7. The van der Waals surface area contributed by atoms with Gasteiger partial charge in [0, 0.05) is 11.6 Å². The van der Waals surface area contributed by atoms with E-state index in [1.807, 2.05) is 31.5 Å². The van der Waals surface area contributed by atoms with Crippen LogP contribution in [-0.4, -0.2) is 34.6 Å². The van der Waals surface area contributed by atoms with Crippen LogP contribution < -0.4 is 25.0 Å².